The van der Waals surface area contributed by atoms with E-state index in [0.717, 1.165) is 12.1 Å². The number of hydrogen-bond donors (Lipinski definition) is 2. The standard InChI is InChI=1S/C13H13N3OS2/c14-12(18)9-2-1-3-10(6-9)13(17)15-5-4-11-7-19-8-16-11/h1-3,6-8H,4-5H2,(H2,14,18)(H,15,17). The number of hydrogen-bond acceptors (Lipinski definition) is 4. The molecule has 4 nitrogen and oxygen atoms in total. The topological polar surface area (TPSA) is 68.0 Å². The first-order valence-electron chi connectivity index (χ1n) is 5.72. The Morgan fingerprint density at radius 1 is 1.42 bits per heavy atom. The van der Waals surface area contributed by atoms with Gasteiger partial charge in [-0.1, -0.05) is 24.4 Å². The van der Waals surface area contributed by atoms with Crippen LogP contribution in [0.15, 0.2) is 35.2 Å². The van der Waals surface area contributed by atoms with Crippen LogP contribution in [0.25, 0.3) is 0 Å². The summed E-state index contributed by atoms with van der Waals surface area (Å²) < 4.78 is 0. The number of carbonyl (C=O) groups excluding carboxylic acids is 1. The third-order valence-corrected chi connectivity index (χ3v) is 3.43. The Hall–Kier alpha value is -1.79. The summed E-state index contributed by atoms with van der Waals surface area (Å²) in [6.07, 6.45) is 0.726. The predicted octanol–water partition coefficient (Wildman–Crippen LogP) is 1.75. The molecule has 0 saturated heterocycles. The average molecular weight is 291 g/mol. The van der Waals surface area contributed by atoms with Crippen LogP contribution in [0.5, 0.6) is 0 Å². The highest BCUT2D eigenvalue weighted by Gasteiger charge is 2.06. The molecule has 0 saturated carbocycles. The van der Waals surface area contributed by atoms with E-state index in [1.807, 2.05) is 5.38 Å². The van der Waals surface area contributed by atoms with E-state index in [1.165, 1.54) is 0 Å². The zero-order valence-corrected chi connectivity index (χ0v) is 11.8. The molecule has 0 aliphatic heterocycles. The van der Waals surface area contributed by atoms with Gasteiger partial charge in [-0.05, 0) is 12.1 Å². The Morgan fingerprint density at radius 2 is 2.21 bits per heavy atom. The van der Waals surface area contributed by atoms with Gasteiger partial charge in [-0.2, -0.15) is 0 Å². The number of nitrogens with zero attached hydrogens (tertiary/aromatic N) is 1. The number of carbonyl (C=O) groups is 1. The molecular formula is C13H13N3OS2. The van der Waals surface area contributed by atoms with E-state index in [2.05, 4.69) is 10.3 Å². The van der Waals surface area contributed by atoms with Crippen LogP contribution in [-0.4, -0.2) is 22.4 Å². The molecule has 0 fully saturated rings. The maximum atomic E-state index is 11.9. The minimum atomic E-state index is -0.131. The van der Waals surface area contributed by atoms with Gasteiger partial charge in [0, 0.05) is 29.5 Å². The lowest BCUT2D eigenvalue weighted by molar-refractivity contribution is 0.0954. The fourth-order valence-corrected chi connectivity index (χ4v) is 2.30. The largest absolute Gasteiger partial charge is 0.389 e. The first-order chi connectivity index (χ1) is 9.16. The van der Waals surface area contributed by atoms with E-state index in [1.54, 1.807) is 41.1 Å². The first kappa shape index (κ1) is 13.6. The van der Waals surface area contributed by atoms with Crippen LogP contribution < -0.4 is 11.1 Å². The second-order valence-electron chi connectivity index (χ2n) is 3.93. The summed E-state index contributed by atoms with van der Waals surface area (Å²) in [6.45, 7) is 0.555. The third-order valence-electron chi connectivity index (χ3n) is 2.56. The molecule has 98 valence electrons. The average Bonchev–Trinajstić information content (AvgIpc) is 2.92. The molecule has 0 unspecified atom stereocenters. The van der Waals surface area contributed by atoms with Crippen LogP contribution in [0.3, 0.4) is 0 Å². The first-order valence-corrected chi connectivity index (χ1v) is 7.07. The number of rotatable bonds is 5. The molecule has 1 aromatic carbocycles. The number of thiocarbonyl (C=S) groups is 1. The second-order valence-corrected chi connectivity index (χ2v) is 5.09. The van der Waals surface area contributed by atoms with E-state index in [0.29, 0.717) is 17.7 Å². The predicted molar refractivity (Wildman–Crippen MR) is 80.5 cm³/mol. The SMILES string of the molecule is NC(=S)c1cccc(C(=O)NCCc2cscn2)c1. The van der Waals surface area contributed by atoms with E-state index >= 15 is 0 Å². The van der Waals surface area contributed by atoms with Gasteiger partial charge in [0.05, 0.1) is 11.2 Å². The monoisotopic (exact) mass is 291 g/mol. The van der Waals surface area contributed by atoms with Crippen LogP contribution in [-0.2, 0) is 6.42 Å². The summed E-state index contributed by atoms with van der Waals surface area (Å²) in [7, 11) is 0. The zero-order valence-electron chi connectivity index (χ0n) is 10.1. The molecule has 1 amide bonds. The minimum Gasteiger partial charge on any atom is -0.389 e. The van der Waals surface area contributed by atoms with E-state index in [-0.39, 0.29) is 10.9 Å². The lowest BCUT2D eigenvalue weighted by atomic mass is 10.1. The lowest BCUT2D eigenvalue weighted by Crippen LogP contribution is -2.26. The zero-order chi connectivity index (χ0) is 13.7. The van der Waals surface area contributed by atoms with Gasteiger partial charge < -0.3 is 11.1 Å². The van der Waals surface area contributed by atoms with Crippen molar-refractivity contribution >= 4 is 34.5 Å². The van der Waals surface area contributed by atoms with Gasteiger partial charge in [0.2, 0.25) is 0 Å². The fourth-order valence-electron chi connectivity index (χ4n) is 1.58. The molecule has 1 aromatic heterocycles. The molecule has 0 atom stereocenters. The van der Waals surface area contributed by atoms with Crippen molar-refractivity contribution in [1.29, 1.82) is 0 Å². The Balaban J connectivity index is 1.92. The second kappa shape index (κ2) is 6.40. The molecule has 1 heterocycles. The number of nitrogens with two attached hydrogens (primary N) is 1. The normalized spacial score (nSPS) is 10.1. The highest BCUT2D eigenvalue weighted by Crippen LogP contribution is 2.05. The maximum Gasteiger partial charge on any atom is 0.251 e. The van der Waals surface area contributed by atoms with Crippen molar-refractivity contribution in [2.24, 2.45) is 5.73 Å². The Bertz CT molecular complexity index is 581. The van der Waals surface area contributed by atoms with Gasteiger partial charge >= 0.3 is 0 Å². The molecule has 6 heteroatoms. The molecule has 3 N–H and O–H groups in total. The van der Waals surface area contributed by atoms with Crippen LogP contribution in [0.2, 0.25) is 0 Å². The van der Waals surface area contributed by atoms with Gasteiger partial charge in [0.1, 0.15) is 4.99 Å². The van der Waals surface area contributed by atoms with Gasteiger partial charge in [0.15, 0.2) is 0 Å². The van der Waals surface area contributed by atoms with Crippen molar-refractivity contribution in [2.45, 2.75) is 6.42 Å². The number of aromatic nitrogens is 1. The molecule has 0 spiro atoms. The van der Waals surface area contributed by atoms with Crippen molar-refractivity contribution in [3.63, 3.8) is 0 Å². The van der Waals surface area contributed by atoms with Crippen molar-refractivity contribution in [3.05, 3.63) is 52.0 Å². The molecule has 2 rings (SSSR count). The fraction of sp³-hybridized carbons (Fsp3) is 0.154. The quantitative estimate of drug-likeness (QED) is 0.824. The van der Waals surface area contributed by atoms with Crippen LogP contribution in [0.4, 0.5) is 0 Å². The van der Waals surface area contributed by atoms with Crippen molar-refractivity contribution < 1.29 is 4.79 Å². The number of amides is 1. The molecular weight excluding hydrogens is 278 g/mol. The summed E-state index contributed by atoms with van der Waals surface area (Å²) in [5.41, 5.74) is 9.56. The molecule has 2 aromatic rings. The van der Waals surface area contributed by atoms with Crippen LogP contribution in [0.1, 0.15) is 21.6 Å². The van der Waals surface area contributed by atoms with Gasteiger partial charge in [-0.3, -0.25) is 4.79 Å². The Labute approximate surface area is 120 Å². The number of thiazole rings is 1. The Kier molecular flexibility index (Phi) is 4.59. The summed E-state index contributed by atoms with van der Waals surface area (Å²) in [4.78, 5) is 16.4. The highest BCUT2D eigenvalue weighted by molar-refractivity contribution is 7.80. The van der Waals surface area contributed by atoms with Gasteiger partial charge in [-0.25, -0.2) is 4.98 Å². The van der Waals surface area contributed by atoms with Crippen LogP contribution >= 0.6 is 23.6 Å². The summed E-state index contributed by atoms with van der Waals surface area (Å²) >= 11 is 6.44. The third kappa shape index (κ3) is 3.84. The smallest absolute Gasteiger partial charge is 0.251 e. The molecule has 0 radical (unpaired) electrons. The van der Waals surface area contributed by atoms with Gasteiger partial charge in [-0.15, -0.1) is 11.3 Å². The summed E-state index contributed by atoms with van der Waals surface area (Å²) in [5, 5.41) is 4.82. The maximum absolute atomic E-state index is 11.9. The minimum absolute atomic E-state index is 0.131. The molecule has 0 bridgehead atoms. The molecule has 19 heavy (non-hydrogen) atoms. The summed E-state index contributed by atoms with van der Waals surface area (Å²) in [5.74, 6) is -0.131. The van der Waals surface area contributed by atoms with E-state index in [9.17, 15) is 4.79 Å². The highest BCUT2D eigenvalue weighted by atomic mass is 32.1. The molecule has 0 aliphatic carbocycles. The van der Waals surface area contributed by atoms with Crippen LogP contribution in [0, 0.1) is 0 Å². The van der Waals surface area contributed by atoms with E-state index in [4.69, 9.17) is 18.0 Å². The lowest BCUT2D eigenvalue weighted by Gasteiger charge is -2.05. The van der Waals surface area contributed by atoms with Crippen molar-refractivity contribution in [1.82, 2.24) is 10.3 Å². The number of nitrogens with one attached hydrogen (secondary N) is 1. The number of benzene rings is 1. The van der Waals surface area contributed by atoms with Crippen molar-refractivity contribution in [3.8, 4) is 0 Å². The Morgan fingerprint density at radius 3 is 2.89 bits per heavy atom. The molecule has 0 aliphatic rings. The summed E-state index contributed by atoms with van der Waals surface area (Å²) in [6, 6.07) is 6.98. The van der Waals surface area contributed by atoms with E-state index < -0.39 is 0 Å². The van der Waals surface area contributed by atoms with Crippen molar-refractivity contribution in [2.75, 3.05) is 6.54 Å². The van der Waals surface area contributed by atoms with Gasteiger partial charge in [0.25, 0.3) is 5.91 Å².